The number of carbonyl (C=O) groups is 1. The Bertz CT molecular complexity index is 193. The topological polar surface area (TPSA) is 23.3 Å². The van der Waals surface area contributed by atoms with E-state index in [1.165, 1.54) is 11.1 Å². The number of hydrazine groups is 1. The van der Waals surface area contributed by atoms with Crippen LogP contribution in [0.5, 0.6) is 0 Å². The number of carbonyl (C=O) groups excluding carboxylic acids is 1. The molecule has 0 atom stereocenters. The molecule has 0 spiro atoms. The minimum absolute atomic E-state index is 0. The van der Waals surface area contributed by atoms with Crippen LogP contribution in [-0.2, 0) is 24.3 Å². The van der Waals surface area contributed by atoms with Crippen molar-refractivity contribution in [2.75, 3.05) is 14.1 Å². The van der Waals surface area contributed by atoms with Crippen LogP contribution in [-0.4, -0.2) is 35.6 Å². The van der Waals surface area contributed by atoms with Gasteiger partial charge in [-0.05, 0) is 0 Å². The zero-order valence-corrected chi connectivity index (χ0v) is 6.85. The van der Waals surface area contributed by atoms with Gasteiger partial charge in [-0.25, -0.2) is 0 Å². The van der Waals surface area contributed by atoms with E-state index in [0.29, 0.717) is 0 Å². The number of hydrazone groups is 1. The molecule has 1 rings (SSSR count). The van der Waals surface area contributed by atoms with E-state index in [4.69, 9.17) is 0 Å². The molecule has 9 heavy (non-hydrogen) atoms. The predicted octanol–water partition coefficient (Wildman–Crippen LogP) is -0.761. The first-order chi connectivity index (χ1) is 3.72. The first-order valence-corrected chi connectivity index (χ1v) is 2.32. The van der Waals surface area contributed by atoms with E-state index < -0.39 is 0 Å². The second-order valence-electron chi connectivity index (χ2n) is 1.66. The Kier molecular flexibility index (Phi) is 2.76. The molecule has 0 saturated heterocycles. The fraction of sp³-hybridized carbons (Fsp3) is 0.400. The molecule has 0 fully saturated rings. The van der Waals surface area contributed by atoms with E-state index in [1.807, 2.05) is 0 Å². The molecule has 1 amide bonds. The zero-order valence-electron chi connectivity index (χ0n) is 5.21. The molecule has 0 aromatic carbocycles. The largest absolute Gasteiger partial charge is 0.314 e. The Morgan fingerprint density at radius 2 is 2.33 bits per heavy atom. The van der Waals surface area contributed by atoms with Crippen molar-refractivity contribution in [3.8, 4) is 0 Å². The van der Waals surface area contributed by atoms with Gasteiger partial charge in [0.1, 0.15) is 6.08 Å². The summed E-state index contributed by atoms with van der Waals surface area (Å²) in [6.07, 6.45) is 1.40. The molecule has 1 aliphatic rings. The van der Waals surface area contributed by atoms with E-state index in [9.17, 15) is 4.79 Å². The van der Waals surface area contributed by atoms with E-state index >= 15 is 0 Å². The van der Waals surface area contributed by atoms with E-state index in [1.54, 1.807) is 18.8 Å². The van der Waals surface area contributed by atoms with Gasteiger partial charge in [0.25, 0.3) is 0 Å². The number of hydrogen-bond acceptors (Lipinski definition) is 1. The standard InChI is InChI=1S/C5H7N2O.Rh/c1-6-4-3-5(8)7(6)2;/h3H,1-2H3;/q+1;. The van der Waals surface area contributed by atoms with Crippen LogP contribution in [0.4, 0.5) is 0 Å². The Balaban J connectivity index is 0.000000640. The summed E-state index contributed by atoms with van der Waals surface area (Å²) < 4.78 is 1.60. The van der Waals surface area contributed by atoms with Crippen molar-refractivity contribution in [2.45, 2.75) is 0 Å². The van der Waals surface area contributed by atoms with Gasteiger partial charge >= 0.3 is 5.91 Å². The molecule has 0 bridgehead atoms. The minimum Gasteiger partial charge on any atom is -0.263 e. The summed E-state index contributed by atoms with van der Waals surface area (Å²) in [7, 11) is 3.46. The summed E-state index contributed by atoms with van der Waals surface area (Å²) in [5, 5.41) is 1.47. The molecular formula is C5H7N2ORh+. The first kappa shape index (κ1) is 8.54. The number of nitrogens with zero attached hydrogens (tertiary/aromatic N) is 2. The van der Waals surface area contributed by atoms with Crippen molar-refractivity contribution in [3.05, 3.63) is 6.08 Å². The third-order valence-corrected chi connectivity index (χ3v) is 1.14. The summed E-state index contributed by atoms with van der Waals surface area (Å²) in [6, 6.07) is 0. The van der Waals surface area contributed by atoms with Crippen molar-refractivity contribution in [3.63, 3.8) is 0 Å². The minimum atomic E-state index is -0.0208. The van der Waals surface area contributed by atoms with Crippen molar-refractivity contribution < 1.29 is 29.0 Å². The Hall–Kier alpha value is -0.457. The SMILES string of the molecule is CN1C(=O)C=C=[N+]1C.[Rh]. The molecule has 1 radical (unpaired) electrons. The Labute approximate surface area is 66.4 Å². The quantitative estimate of drug-likeness (QED) is 0.384. The summed E-state index contributed by atoms with van der Waals surface area (Å²) in [4.78, 5) is 10.6. The number of likely N-dealkylation sites (N-methyl/N-ethyl adjacent to an activating group) is 1. The Morgan fingerprint density at radius 3 is 2.44 bits per heavy atom. The van der Waals surface area contributed by atoms with Crippen LogP contribution in [0.3, 0.4) is 0 Å². The first-order valence-electron chi connectivity index (χ1n) is 2.32. The molecule has 0 saturated carbocycles. The number of amides is 1. The monoisotopic (exact) mass is 214 g/mol. The van der Waals surface area contributed by atoms with Gasteiger partial charge in [-0.3, -0.25) is 4.79 Å². The molecule has 0 aromatic rings. The molecular weight excluding hydrogens is 207 g/mol. The molecule has 1 aliphatic heterocycles. The van der Waals surface area contributed by atoms with Gasteiger partial charge in [0.2, 0.25) is 5.87 Å². The van der Waals surface area contributed by atoms with E-state index in [0.717, 1.165) is 0 Å². The van der Waals surface area contributed by atoms with Crippen LogP contribution >= 0.6 is 0 Å². The summed E-state index contributed by atoms with van der Waals surface area (Å²) in [6.45, 7) is 0. The average Bonchev–Trinajstić information content (AvgIpc) is 1.98. The molecule has 0 aromatic heterocycles. The van der Waals surface area contributed by atoms with Crippen LogP contribution in [0.1, 0.15) is 0 Å². The van der Waals surface area contributed by atoms with Crippen molar-refractivity contribution in [1.29, 1.82) is 0 Å². The van der Waals surface area contributed by atoms with Crippen LogP contribution in [0.2, 0.25) is 0 Å². The van der Waals surface area contributed by atoms with Gasteiger partial charge in [-0.1, -0.05) is 4.68 Å². The van der Waals surface area contributed by atoms with E-state index in [2.05, 4.69) is 5.87 Å². The van der Waals surface area contributed by atoms with Gasteiger partial charge in [-0.2, -0.15) is 0 Å². The van der Waals surface area contributed by atoms with Crippen molar-refractivity contribution in [1.82, 2.24) is 5.01 Å². The fourth-order valence-electron chi connectivity index (χ4n) is 0.476. The van der Waals surface area contributed by atoms with E-state index in [-0.39, 0.29) is 25.4 Å². The molecule has 0 unspecified atom stereocenters. The van der Waals surface area contributed by atoms with Crippen LogP contribution < -0.4 is 0 Å². The van der Waals surface area contributed by atoms with Gasteiger partial charge in [0.15, 0.2) is 7.05 Å². The van der Waals surface area contributed by atoms with Gasteiger partial charge in [0.05, 0.1) is 7.05 Å². The fourth-order valence-corrected chi connectivity index (χ4v) is 0.476. The molecule has 1 heterocycles. The summed E-state index contributed by atoms with van der Waals surface area (Å²) in [5.41, 5.74) is 0. The number of hydrogen-bond donors (Lipinski definition) is 0. The third kappa shape index (κ3) is 1.47. The maximum atomic E-state index is 10.6. The average molecular weight is 214 g/mol. The maximum Gasteiger partial charge on any atom is 0.314 e. The molecule has 4 heteroatoms. The van der Waals surface area contributed by atoms with Crippen LogP contribution in [0, 0.1) is 0 Å². The maximum absolute atomic E-state index is 10.6. The predicted molar refractivity (Wildman–Crippen MR) is 28.5 cm³/mol. The van der Waals surface area contributed by atoms with Gasteiger partial charge < -0.3 is 0 Å². The molecule has 0 aliphatic carbocycles. The molecule has 3 nitrogen and oxygen atoms in total. The van der Waals surface area contributed by atoms with Crippen LogP contribution in [0.15, 0.2) is 6.08 Å². The molecule has 0 N–H and O–H groups in total. The van der Waals surface area contributed by atoms with Gasteiger partial charge in [-0.15, -0.1) is 5.01 Å². The zero-order chi connectivity index (χ0) is 6.15. The smallest absolute Gasteiger partial charge is 0.263 e. The Morgan fingerprint density at radius 1 is 1.78 bits per heavy atom. The second kappa shape index (κ2) is 2.91. The normalized spacial score (nSPS) is 15.6. The summed E-state index contributed by atoms with van der Waals surface area (Å²) in [5.74, 6) is 2.68. The van der Waals surface area contributed by atoms with Crippen molar-refractivity contribution in [2.24, 2.45) is 0 Å². The summed E-state index contributed by atoms with van der Waals surface area (Å²) >= 11 is 0. The van der Waals surface area contributed by atoms with Crippen LogP contribution in [0.25, 0.3) is 0 Å². The molecule has 51 valence electrons. The third-order valence-electron chi connectivity index (χ3n) is 1.14. The second-order valence-corrected chi connectivity index (χ2v) is 1.66. The van der Waals surface area contributed by atoms with Crippen molar-refractivity contribution >= 4 is 11.8 Å². The number of rotatable bonds is 0. The van der Waals surface area contributed by atoms with Gasteiger partial charge in [0, 0.05) is 19.5 Å².